The highest BCUT2D eigenvalue weighted by Gasteiger charge is 2.30. The van der Waals surface area contributed by atoms with Gasteiger partial charge in [-0.3, -0.25) is 14.4 Å². The smallest absolute Gasteiger partial charge is 0.306 e. The van der Waals surface area contributed by atoms with E-state index in [1.165, 1.54) is 5.56 Å². The second-order valence-electron chi connectivity index (χ2n) is 13.1. The number of nitrogens with one attached hydrogen (secondary N) is 3. The molecular formula is C39H50N4O4. The molecule has 4 aromatic rings. The molecule has 0 aliphatic carbocycles. The van der Waals surface area contributed by atoms with Crippen molar-refractivity contribution < 1.29 is 19.5 Å². The Hall–Kier alpha value is -4.46. The topological polar surface area (TPSA) is 124 Å². The summed E-state index contributed by atoms with van der Waals surface area (Å²) in [5, 5.41) is 16.2. The number of hydrogen-bond acceptors (Lipinski definition) is 4. The van der Waals surface area contributed by atoms with Gasteiger partial charge in [0.2, 0.25) is 11.8 Å². The second kappa shape index (κ2) is 18.0. The first-order valence-corrected chi connectivity index (χ1v) is 17.1. The molecule has 0 radical (unpaired) electrons. The lowest BCUT2D eigenvalue weighted by molar-refractivity contribution is -0.143. The third kappa shape index (κ3) is 11.4. The van der Waals surface area contributed by atoms with Crippen LogP contribution in [0, 0.1) is 17.8 Å². The third-order valence-electron chi connectivity index (χ3n) is 8.67. The average molecular weight is 639 g/mol. The van der Waals surface area contributed by atoms with Crippen molar-refractivity contribution in [3.63, 3.8) is 0 Å². The lowest BCUT2D eigenvalue weighted by atomic mass is 9.86. The van der Waals surface area contributed by atoms with Crippen LogP contribution in [0.4, 0.5) is 5.69 Å². The maximum Gasteiger partial charge on any atom is 0.306 e. The zero-order chi connectivity index (χ0) is 33.6. The Bertz CT molecular complexity index is 1530. The summed E-state index contributed by atoms with van der Waals surface area (Å²) in [5.74, 6) is -1.60. The standard InChI is InChI=1S/C39H50N4O4/c1-4-12-28-19-21-29(22-20-28)23-24-30(37(44)43-35(25-27(2)3)38(45)40-32-14-6-5-7-15-32)26-31(39(46)47)13-8-11-18-36-41-33-16-9-10-17-34(33)42-36/h5-7,9-10,14-17,19-22,27,30-31,35H,4,8,11-13,18,23-26H2,1-3H3,(H,40,45)(H,41,42)(H,43,44)(H,46,47)/t30-,31?,35?/m1/s1. The van der Waals surface area contributed by atoms with Crippen LogP contribution in [0.5, 0.6) is 0 Å². The van der Waals surface area contributed by atoms with Crippen LogP contribution < -0.4 is 10.6 Å². The number of carbonyl (C=O) groups is 3. The van der Waals surface area contributed by atoms with Crippen LogP contribution in [0.25, 0.3) is 11.0 Å². The molecular weight excluding hydrogens is 588 g/mol. The van der Waals surface area contributed by atoms with Crippen LogP contribution in [0.3, 0.4) is 0 Å². The van der Waals surface area contributed by atoms with Gasteiger partial charge in [-0.1, -0.05) is 88.2 Å². The van der Waals surface area contributed by atoms with Gasteiger partial charge in [-0.25, -0.2) is 4.98 Å². The summed E-state index contributed by atoms with van der Waals surface area (Å²) >= 11 is 0. The SMILES string of the molecule is CCCc1ccc(CC[C@H](CC(CCCCc2nc3ccccc3[nH]2)C(=O)O)C(=O)NC(CC(C)C)C(=O)Nc2ccccc2)cc1. The van der Waals surface area contributed by atoms with Gasteiger partial charge >= 0.3 is 5.97 Å². The molecule has 1 heterocycles. The van der Waals surface area contributed by atoms with Crippen LogP contribution >= 0.6 is 0 Å². The molecule has 0 bridgehead atoms. The molecule has 0 saturated carbocycles. The number of hydrogen-bond donors (Lipinski definition) is 4. The highest BCUT2D eigenvalue weighted by Crippen LogP contribution is 2.25. The number of fused-ring (bicyclic) bond motifs is 1. The first-order chi connectivity index (χ1) is 22.7. The number of H-pyrrole nitrogens is 1. The summed E-state index contributed by atoms with van der Waals surface area (Å²) in [4.78, 5) is 47.7. The molecule has 0 saturated heterocycles. The number of imidazole rings is 1. The number of para-hydroxylation sites is 3. The highest BCUT2D eigenvalue weighted by atomic mass is 16.4. The number of amides is 2. The van der Waals surface area contributed by atoms with Crippen molar-refractivity contribution in [2.45, 2.75) is 91.0 Å². The van der Waals surface area contributed by atoms with E-state index in [0.29, 0.717) is 37.8 Å². The monoisotopic (exact) mass is 638 g/mol. The van der Waals surface area contributed by atoms with Crippen molar-refractivity contribution in [2.24, 2.45) is 17.8 Å². The van der Waals surface area contributed by atoms with Crippen LogP contribution in [-0.4, -0.2) is 38.9 Å². The minimum Gasteiger partial charge on any atom is -0.481 e. The zero-order valence-corrected chi connectivity index (χ0v) is 28.0. The van der Waals surface area contributed by atoms with Gasteiger partial charge in [-0.05, 0) is 86.3 Å². The van der Waals surface area contributed by atoms with Gasteiger partial charge in [0.15, 0.2) is 0 Å². The fourth-order valence-corrected chi connectivity index (χ4v) is 6.09. The van der Waals surface area contributed by atoms with E-state index in [4.69, 9.17) is 0 Å². The van der Waals surface area contributed by atoms with E-state index in [1.807, 2.05) is 68.4 Å². The Morgan fingerprint density at radius 1 is 0.766 bits per heavy atom. The number of nitrogens with zero attached hydrogens (tertiary/aromatic N) is 1. The molecule has 8 heteroatoms. The molecule has 8 nitrogen and oxygen atoms in total. The molecule has 0 spiro atoms. The quantitative estimate of drug-likeness (QED) is 0.0783. The molecule has 1 aromatic heterocycles. The predicted octanol–water partition coefficient (Wildman–Crippen LogP) is 7.74. The molecule has 3 atom stereocenters. The van der Waals surface area contributed by atoms with Gasteiger partial charge < -0.3 is 20.7 Å². The summed E-state index contributed by atoms with van der Waals surface area (Å²) in [5.41, 5.74) is 4.97. The maximum absolute atomic E-state index is 13.9. The summed E-state index contributed by atoms with van der Waals surface area (Å²) in [6, 6.07) is 24.8. The minimum atomic E-state index is -0.893. The first-order valence-electron chi connectivity index (χ1n) is 17.1. The van der Waals surface area contributed by atoms with Crippen molar-refractivity contribution in [3.8, 4) is 0 Å². The van der Waals surface area contributed by atoms with E-state index in [1.54, 1.807) is 0 Å². The van der Waals surface area contributed by atoms with Crippen molar-refractivity contribution in [1.82, 2.24) is 15.3 Å². The van der Waals surface area contributed by atoms with Crippen LogP contribution in [0.1, 0.15) is 82.7 Å². The molecule has 0 aliphatic rings. The molecule has 0 fully saturated rings. The Morgan fingerprint density at radius 2 is 1.45 bits per heavy atom. The van der Waals surface area contributed by atoms with E-state index in [0.717, 1.165) is 48.1 Å². The lowest BCUT2D eigenvalue weighted by Crippen LogP contribution is -2.47. The van der Waals surface area contributed by atoms with Crippen LogP contribution in [0.15, 0.2) is 78.9 Å². The summed E-state index contributed by atoms with van der Waals surface area (Å²) in [6.45, 7) is 6.18. The molecule has 3 aromatic carbocycles. The number of rotatable bonds is 19. The van der Waals surface area contributed by atoms with E-state index < -0.39 is 23.8 Å². The third-order valence-corrected chi connectivity index (χ3v) is 8.67. The Kier molecular flexibility index (Phi) is 13.6. The number of aliphatic carboxylic acids is 1. The molecule has 4 N–H and O–H groups in total. The van der Waals surface area contributed by atoms with Crippen molar-refractivity contribution in [2.75, 3.05) is 5.32 Å². The summed E-state index contributed by atoms with van der Waals surface area (Å²) in [6.07, 6.45) is 6.62. The highest BCUT2D eigenvalue weighted by molar-refractivity contribution is 5.97. The van der Waals surface area contributed by atoms with Gasteiger partial charge in [0.1, 0.15) is 11.9 Å². The molecule has 47 heavy (non-hydrogen) atoms. The predicted molar refractivity (Wildman–Crippen MR) is 188 cm³/mol. The van der Waals surface area contributed by atoms with E-state index >= 15 is 0 Å². The number of aromatic nitrogens is 2. The number of benzene rings is 3. The summed E-state index contributed by atoms with van der Waals surface area (Å²) < 4.78 is 0. The molecule has 2 unspecified atom stereocenters. The van der Waals surface area contributed by atoms with E-state index in [-0.39, 0.29) is 24.2 Å². The number of aromatic amines is 1. The van der Waals surface area contributed by atoms with Gasteiger partial charge in [-0.15, -0.1) is 0 Å². The fourth-order valence-electron chi connectivity index (χ4n) is 6.09. The molecule has 4 rings (SSSR count). The van der Waals surface area contributed by atoms with Gasteiger partial charge in [0.25, 0.3) is 0 Å². The largest absolute Gasteiger partial charge is 0.481 e. The average Bonchev–Trinajstić information content (AvgIpc) is 3.47. The van der Waals surface area contributed by atoms with Gasteiger partial charge in [-0.2, -0.15) is 0 Å². The van der Waals surface area contributed by atoms with Crippen LogP contribution in [-0.2, 0) is 33.6 Å². The van der Waals surface area contributed by atoms with Crippen molar-refractivity contribution in [1.29, 1.82) is 0 Å². The maximum atomic E-state index is 13.9. The Morgan fingerprint density at radius 3 is 2.11 bits per heavy atom. The number of aryl methyl sites for hydroxylation is 3. The fraction of sp³-hybridized carbons (Fsp3) is 0.436. The normalized spacial score (nSPS) is 13.3. The number of carboxylic acid groups (broad SMARTS) is 1. The second-order valence-corrected chi connectivity index (χ2v) is 13.1. The van der Waals surface area contributed by atoms with Crippen molar-refractivity contribution >= 4 is 34.5 Å². The van der Waals surface area contributed by atoms with E-state index in [2.05, 4.69) is 51.8 Å². The van der Waals surface area contributed by atoms with Gasteiger partial charge in [0.05, 0.1) is 17.0 Å². The Balaban J connectivity index is 1.43. The van der Waals surface area contributed by atoms with E-state index in [9.17, 15) is 19.5 Å². The van der Waals surface area contributed by atoms with Gasteiger partial charge in [0, 0.05) is 18.0 Å². The lowest BCUT2D eigenvalue weighted by Gasteiger charge is -2.25. The van der Waals surface area contributed by atoms with Crippen molar-refractivity contribution in [3.05, 3.63) is 95.8 Å². The Labute approximate surface area is 278 Å². The zero-order valence-electron chi connectivity index (χ0n) is 28.0. The molecule has 250 valence electrons. The number of unbranched alkanes of at least 4 members (excludes halogenated alkanes) is 1. The number of carbonyl (C=O) groups excluding carboxylic acids is 2. The first kappa shape index (κ1) is 35.4. The number of anilines is 1. The number of carboxylic acids is 1. The van der Waals surface area contributed by atoms with Crippen LogP contribution in [0.2, 0.25) is 0 Å². The summed E-state index contributed by atoms with van der Waals surface area (Å²) in [7, 11) is 0. The molecule has 0 aliphatic heterocycles. The molecule has 2 amide bonds. The minimum absolute atomic E-state index is 0.167.